The summed E-state index contributed by atoms with van der Waals surface area (Å²) in [5.74, 6) is -0.997. The number of benzene rings is 2. The highest BCUT2D eigenvalue weighted by atomic mass is 32.1. The number of anilines is 2. The summed E-state index contributed by atoms with van der Waals surface area (Å²) in [6.45, 7) is 0. The number of nitrogens with one attached hydrogen (secondary N) is 4. The third-order valence-corrected chi connectivity index (χ3v) is 4.16. The first-order valence-corrected chi connectivity index (χ1v) is 9.60. The molecule has 0 aliphatic rings. The van der Waals surface area contributed by atoms with Crippen LogP contribution in [0.25, 0.3) is 0 Å². The summed E-state index contributed by atoms with van der Waals surface area (Å²) in [7, 11) is 0. The molecule has 4 N–H and O–H groups in total. The van der Waals surface area contributed by atoms with E-state index in [9.17, 15) is 22.8 Å². The number of Topliss-reactive ketones (excluding diaryl/α,β-unsaturated/α-hetero) is 1. The number of halogens is 3. The van der Waals surface area contributed by atoms with Gasteiger partial charge in [0.25, 0.3) is 0 Å². The smallest absolute Gasteiger partial charge is 0.373 e. The lowest BCUT2D eigenvalue weighted by molar-refractivity contribution is -0.137. The molecule has 2 aromatic rings. The number of hydrogen-bond acceptors (Lipinski definition) is 5. The molecule has 6 nitrogen and oxygen atoms in total. The van der Waals surface area contributed by atoms with Gasteiger partial charge in [0.15, 0.2) is 5.11 Å². The van der Waals surface area contributed by atoms with Crippen molar-refractivity contribution in [2.75, 3.05) is 10.6 Å². The lowest BCUT2D eigenvalue weighted by Crippen LogP contribution is -2.44. The third kappa shape index (κ3) is 8.29. The van der Waals surface area contributed by atoms with E-state index in [1.54, 1.807) is 0 Å². The molecule has 1 atom stereocenters. The zero-order chi connectivity index (χ0) is 22.1. The van der Waals surface area contributed by atoms with Crippen LogP contribution in [-0.4, -0.2) is 22.2 Å². The third-order valence-electron chi connectivity index (χ3n) is 3.65. The van der Waals surface area contributed by atoms with Gasteiger partial charge in [0.2, 0.25) is 5.91 Å². The summed E-state index contributed by atoms with van der Waals surface area (Å²) in [5.41, 5.74) is 4.61. The number of hydrazine groups is 1. The average Bonchev–Trinajstić information content (AvgIpc) is 2.66. The van der Waals surface area contributed by atoms with Crippen molar-refractivity contribution in [1.82, 2.24) is 10.9 Å². The number of ketones is 1. The summed E-state index contributed by atoms with van der Waals surface area (Å²) in [5, 5.41) is 4.95. The minimum absolute atomic E-state index is 0.0123. The molecular weight excluding hydrogens is 437 g/mol. The predicted molar refractivity (Wildman–Crippen MR) is 116 cm³/mol. The number of thiocarbonyl (C=S) groups is 1. The SMILES string of the molecule is O=C(CC(=O)NNC(=S)Nc1cccc(C(F)(F)F)c1)CC(S)Nc1ccccc1. The first-order chi connectivity index (χ1) is 14.1. The number of carbonyl (C=O) groups excluding carboxylic acids is 2. The standard InChI is InChI=1S/C19H19F3N4O2S2/c20-19(21,22)12-5-4-8-14(9-12)24-18(30)26-25-16(28)10-15(27)11-17(29)23-13-6-2-1-3-7-13/h1-9,17,23,29H,10-11H2,(H,25,28)(H2,24,26,30). The fourth-order valence-electron chi connectivity index (χ4n) is 2.35. The summed E-state index contributed by atoms with van der Waals surface area (Å²) in [4.78, 5) is 23.8. The Kier molecular flexibility index (Phi) is 8.48. The Hall–Kier alpha value is -2.79. The molecular formula is C19H19F3N4O2S2. The van der Waals surface area contributed by atoms with Gasteiger partial charge in [-0.05, 0) is 42.5 Å². The van der Waals surface area contributed by atoms with Gasteiger partial charge in [-0.15, -0.1) is 0 Å². The summed E-state index contributed by atoms with van der Waals surface area (Å²) < 4.78 is 38.2. The summed E-state index contributed by atoms with van der Waals surface area (Å²) in [6.07, 6.45) is -4.88. The first-order valence-electron chi connectivity index (χ1n) is 8.68. The molecule has 0 fully saturated rings. The van der Waals surface area contributed by atoms with Gasteiger partial charge in [0, 0.05) is 17.8 Å². The molecule has 0 radical (unpaired) electrons. The maximum Gasteiger partial charge on any atom is 0.416 e. The van der Waals surface area contributed by atoms with Crippen LogP contribution in [0.5, 0.6) is 0 Å². The molecule has 1 amide bonds. The van der Waals surface area contributed by atoms with Crippen molar-refractivity contribution in [3.8, 4) is 0 Å². The van der Waals surface area contributed by atoms with Crippen LogP contribution in [0.4, 0.5) is 24.5 Å². The Morgan fingerprint density at radius 3 is 2.33 bits per heavy atom. The van der Waals surface area contributed by atoms with Crippen LogP contribution in [0.3, 0.4) is 0 Å². The number of amides is 1. The van der Waals surface area contributed by atoms with Crippen molar-refractivity contribution in [1.29, 1.82) is 0 Å². The fraction of sp³-hybridized carbons (Fsp3) is 0.211. The lowest BCUT2D eigenvalue weighted by Gasteiger charge is -2.14. The van der Waals surface area contributed by atoms with Crippen LogP contribution in [-0.2, 0) is 15.8 Å². The van der Waals surface area contributed by atoms with E-state index in [-0.39, 0.29) is 23.0 Å². The van der Waals surface area contributed by atoms with Crippen molar-refractivity contribution in [2.45, 2.75) is 24.4 Å². The van der Waals surface area contributed by atoms with Crippen LogP contribution in [0.15, 0.2) is 54.6 Å². The highest BCUT2D eigenvalue weighted by molar-refractivity contribution is 7.81. The van der Waals surface area contributed by atoms with Crippen molar-refractivity contribution in [3.05, 3.63) is 60.2 Å². The molecule has 0 saturated heterocycles. The maximum absolute atomic E-state index is 12.7. The van der Waals surface area contributed by atoms with Gasteiger partial charge in [-0.25, -0.2) is 0 Å². The average molecular weight is 457 g/mol. The second-order valence-electron chi connectivity index (χ2n) is 6.15. The Labute approximate surface area is 182 Å². The minimum atomic E-state index is -4.48. The Balaban J connectivity index is 1.73. The minimum Gasteiger partial charge on any atom is -0.373 e. The van der Waals surface area contributed by atoms with Gasteiger partial charge in [0.05, 0.1) is 17.4 Å². The normalized spacial score (nSPS) is 11.9. The topological polar surface area (TPSA) is 82.3 Å². The fourth-order valence-corrected chi connectivity index (χ4v) is 2.87. The first kappa shape index (κ1) is 23.5. The van der Waals surface area contributed by atoms with Crippen LogP contribution in [0, 0.1) is 0 Å². The monoisotopic (exact) mass is 456 g/mol. The second-order valence-corrected chi connectivity index (χ2v) is 7.18. The van der Waals surface area contributed by atoms with Crippen molar-refractivity contribution in [3.63, 3.8) is 0 Å². The molecule has 0 saturated carbocycles. The van der Waals surface area contributed by atoms with Gasteiger partial charge in [-0.2, -0.15) is 25.8 Å². The van der Waals surface area contributed by atoms with Crippen molar-refractivity contribution < 1.29 is 22.8 Å². The van der Waals surface area contributed by atoms with E-state index in [2.05, 4.69) is 34.1 Å². The van der Waals surface area contributed by atoms with Crippen LogP contribution in [0.2, 0.25) is 0 Å². The Bertz CT molecular complexity index is 895. The molecule has 0 aromatic heterocycles. The van der Waals surface area contributed by atoms with E-state index in [0.717, 1.165) is 17.8 Å². The van der Waals surface area contributed by atoms with Crippen LogP contribution >= 0.6 is 24.8 Å². The van der Waals surface area contributed by atoms with E-state index in [0.29, 0.717) is 0 Å². The van der Waals surface area contributed by atoms with Crippen LogP contribution < -0.4 is 21.5 Å². The highest BCUT2D eigenvalue weighted by Gasteiger charge is 2.30. The zero-order valence-corrected chi connectivity index (χ0v) is 17.2. The van der Waals surface area contributed by atoms with Gasteiger partial charge in [0.1, 0.15) is 5.78 Å². The number of alkyl halides is 3. The van der Waals surface area contributed by atoms with E-state index in [1.807, 2.05) is 30.3 Å². The summed E-state index contributed by atoms with van der Waals surface area (Å²) in [6, 6.07) is 13.6. The number of carbonyl (C=O) groups is 2. The maximum atomic E-state index is 12.7. The Morgan fingerprint density at radius 2 is 1.67 bits per heavy atom. The molecule has 0 bridgehead atoms. The van der Waals surface area contributed by atoms with Crippen molar-refractivity contribution in [2.24, 2.45) is 0 Å². The molecule has 0 spiro atoms. The lowest BCUT2D eigenvalue weighted by atomic mass is 10.2. The van der Waals surface area contributed by atoms with E-state index in [4.69, 9.17) is 12.2 Å². The molecule has 11 heteroatoms. The van der Waals surface area contributed by atoms with Crippen LogP contribution in [0.1, 0.15) is 18.4 Å². The molecule has 1 unspecified atom stereocenters. The molecule has 160 valence electrons. The van der Waals surface area contributed by atoms with Gasteiger partial charge < -0.3 is 10.6 Å². The molecule has 0 aliphatic heterocycles. The Morgan fingerprint density at radius 1 is 1.00 bits per heavy atom. The summed E-state index contributed by atoms with van der Waals surface area (Å²) >= 11 is 9.20. The highest BCUT2D eigenvalue weighted by Crippen LogP contribution is 2.30. The van der Waals surface area contributed by atoms with Gasteiger partial charge >= 0.3 is 6.18 Å². The number of para-hydroxylation sites is 1. The molecule has 2 aromatic carbocycles. The molecule has 30 heavy (non-hydrogen) atoms. The molecule has 2 rings (SSSR count). The zero-order valence-electron chi connectivity index (χ0n) is 15.5. The number of thiol groups is 1. The number of hydrogen-bond donors (Lipinski definition) is 5. The largest absolute Gasteiger partial charge is 0.416 e. The second kappa shape index (κ2) is 10.8. The van der Waals surface area contributed by atoms with E-state index >= 15 is 0 Å². The van der Waals surface area contributed by atoms with Gasteiger partial charge in [-0.3, -0.25) is 20.4 Å². The van der Waals surface area contributed by atoms with E-state index in [1.165, 1.54) is 12.1 Å². The van der Waals surface area contributed by atoms with Gasteiger partial charge in [-0.1, -0.05) is 24.3 Å². The quantitative estimate of drug-likeness (QED) is 0.144. The van der Waals surface area contributed by atoms with E-state index < -0.39 is 29.4 Å². The molecule has 0 aliphatic carbocycles. The predicted octanol–water partition coefficient (Wildman–Crippen LogP) is 3.74. The number of rotatable bonds is 7. The molecule has 0 heterocycles. The van der Waals surface area contributed by atoms with Crippen molar-refractivity contribution >= 4 is 53.0 Å².